The van der Waals surface area contributed by atoms with Gasteiger partial charge in [-0.3, -0.25) is 9.69 Å². The third-order valence-electron chi connectivity index (χ3n) is 2.92. The standard InChI is InChI=1S/C10H20N2O2/c1-3-11(6-7-13)10-4-5-12(8-10)9(2)14/h10,13H,3-8H2,1-2H3/t10-/m0/s1. The van der Waals surface area contributed by atoms with Crippen LogP contribution < -0.4 is 0 Å². The van der Waals surface area contributed by atoms with E-state index in [1.54, 1.807) is 6.92 Å². The molecule has 1 fully saturated rings. The first-order valence-electron chi connectivity index (χ1n) is 5.29. The predicted octanol–water partition coefficient (Wildman–Crippen LogP) is -0.0786. The molecule has 1 aliphatic heterocycles. The van der Waals surface area contributed by atoms with E-state index in [9.17, 15) is 4.79 Å². The molecule has 0 unspecified atom stereocenters. The van der Waals surface area contributed by atoms with Crippen LogP contribution in [0.3, 0.4) is 0 Å². The molecule has 1 N–H and O–H groups in total. The SMILES string of the molecule is CCN(CCO)[C@H]1CCN(C(C)=O)C1. The summed E-state index contributed by atoms with van der Waals surface area (Å²) in [6, 6.07) is 0.441. The van der Waals surface area contributed by atoms with Gasteiger partial charge in [-0.15, -0.1) is 0 Å². The lowest BCUT2D eigenvalue weighted by Gasteiger charge is -2.26. The first kappa shape index (κ1) is 11.5. The van der Waals surface area contributed by atoms with E-state index in [0.717, 1.165) is 26.1 Å². The molecule has 1 saturated heterocycles. The molecule has 0 aliphatic carbocycles. The lowest BCUT2D eigenvalue weighted by molar-refractivity contribution is -0.127. The highest BCUT2D eigenvalue weighted by atomic mass is 16.3. The van der Waals surface area contributed by atoms with E-state index >= 15 is 0 Å². The van der Waals surface area contributed by atoms with Gasteiger partial charge in [0.25, 0.3) is 0 Å². The van der Waals surface area contributed by atoms with Gasteiger partial charge in [-0.1, -0.05) is 6.92 Å². The van der Waals surface area contributed by atoms with Gasteiger partial charge < -0.3 is 10.0 Å². The van der Waals surface area contributed by atoms with E-state index in [-0.39, 0.29) is 12.5 Å². The lowest BCUT2D eigenvalue weighted by Crippen LogP contribution is -2.39. The van der Waals surface area contributed by atoms with E-state index in [4.69, 9.17) is 5.11 Å². The van der Waals surface area contributed by atoms with Crippen LogP contribution in [0.1, 0.15) is 20.3 Å². The number of rotatable bonds is 4. The molecule has 82 valence electrons. The van der Waals surface area contributed by atoms with Crippen molar-refractivity contribution in [2.24, 2.45) is 0 Å². The number of carbonyl (C=O) groups excluding carboxylic acids is 1. The molecule has 1 atom stereocenters. The van der Waals surface area contributed by atoms with Crippen molar-refractivity contribution in [3.05, 3.63) is 0 Å². The minimum Gasteiger partial charge on any atom is -0.395 e. The predicted molar refractivity (Wildman–Crippen MR) is 55.0 cm³/mol. The summed E-state index contributed by atoms with van der Waals surface area (Å²) in [7, 11) is 0. The van der Waals surface area contributed by atoms with Crippen molar-refractivity contribution in [3.8, 4) is 0 Å². The van der Waals surface area contributed by atoms with Crippen LogP contribution in [-0.4, -0.2) is 59.6 Å². The van der Waals surface area contributed by atoms with Crippen molar-refractivity contribution in [1.82, 2.24) is 9.80 Å². The van der Waals surface area contributed by atoms with E-state index < -0.39 is 0 Å². The number of aliphatic hydroxyl groups is 1. The monoisotopic (exact) mass is 200 g/mol. The molecule has 1 heterocycles. The van der Waals surface area contributed by atoms with Crippen molar-refractivity contribution < 1.29 is 9.90 Å². The number of likely N-dealkylation sites (tertiary alicyclic amines) is 1. The number of nitrogens with zero attached hydrogens (tertiary/aromatic N) is 2. The van der Waals surface area contributed by atoms with Gasteiger partial charge in [0.05, 0.1) is 6.61 Å². The van der Waals surface area contributed by atoms with Crippen molar-refractivity contribution in [2.45, 2.75) is 26.3 Å². The third-order valence-corrected chi connectivity index (χ3v) is 2.92. The largest absolute Gasteiger partial charge is 0.395 e. The summed E-state index contributed by atoms with van der Waals surface area (Å²) in [5, 5.41) is 8.88. The summed E-state index contributed by atoms with van der Waals surface area (Å²) in [6.45, 7) is 7.25. The maximum absolute atomic E-state index is 11.1. The van der Waals surface area contributed by atoms with E-state index in [0.29, 0.717) is 12.6 Å². The number of carbonyl (C=O) groups is 1. The van der Waals surface area contributed by atoms with Gasteiger partial charge in [-0.25, -0.2) is 0 Å². The number of aliphatic hydroxyl groups excluding tert-OH is 1. The van der Waals surface area contributed by atoms with Gasteiger partial charge in [0.2, 0.25) is 5.91 Å². The van der Waals surface area contributed by atoms with Crippen LogP contribution in [0.2, 0.25) is 0 Å². The van der Waals surface area contributed by atoms with E-state index in [1.165, 1.54) is 0 Å². The number of hydrogen-bond donors (Lipinski definition) is 1. The highest BCUT2D eigenvalue weighted by Crippen LogP contribution is 2.15. The van der Waals surface area contributed by atoms with Crippen molar-refractivity contribution in [2.75, 3.05) is 32.8 Å². The second-order valence-electron chi connectivity index (χ2n) is 3.76. The Bertz CT molecular complexity index is 197. The molecular weight excluding hydrogens is 180 g/mol. The Hall–Kier alpha value is -0.610. The Labute approximate surface area is 85.5 Å². The Kier molecular flexibility index (Phi) is 4.35. The summed E-state index contributed by atoms with van der Waals surface area (Å²) in [5.74, 6) is 0.160. The van der Waals surface area contributed by atoms with E-state index in [1.807, 2.05) is 4.90 Å². The van der Waals surface area contributed by atoms with E-state index in [2.05, 4.69) is 11.8 Å². The summed E-state index contributed by atoms with van der Waals surface area (Å²) in [5.41, 5.74) is 0. The average molecular weight is 200 g/mol. The quantitative estimate of drug-likeness (QED) is 0.690. The van der Waals surface area contributed by atoms with Crippen LogP contribution in [0.15, 0.2) is 0 Å². The fourth-order valence-electron chi connectivity index (χ4n) is 2.05. The smallest absolute Gasteiger partial charge is 0.219 e. The zero-order chi connectivity index (χ0) is 10.6. The molecule has 0 saturated carbocycles. The van der Waals surface area contributed by atoms with Crippen LogP contribution in [0.4, 0.5) is 0 Å². The maximum Gasteiger partial charge on any atom is 0.219 e. The topological polar surface area (TPSA) is 43.8 Å². The molecule has 14 heavy (non-hydrogen) atoms. The highest BCUT2D eigenvalue weighted by Gasteiger charge is 2.27. The Morgan fingerprint density at radius 1 is 1.64 bits per heavy atom. The minimum atomic E-state index is 0.160. The summed E-state index contributed by atoms with van der Waals surface area (Å²) >= 11 is 0. The Morgan fingerprint density at radius 3 is 2.79 bits per heavy atom. The highest BCUT2D eigenvalue weighted by molar-refractivity contribution is 5.73. The molecule has 1 amide bonds. The lowest BCUT2D eigenvalue weighted by atomic mass is 10.2. The normalized spacial score (nSPS) is 22.0. The van der Waals surface area contributed by atoms with Crippen LogP contribution in [0.5, 0.6) is 0 Å². The third kappa shape index (κ3) is 2.69. The van der Waals surface area contributed by atoms with Crippen LogP contribution in [-0.2, 0) is 4.79 Å². The second kappa shape index (κ2) is 5.32. The van der Waals surface area contributed by atoms with Gasteiger partial charge in [0.1, 0.15) is 0 Å². The number of amides is 1. The fourth-order valence-corrected chi connectivity index (χ4v) is 2.05. The maximum atomic E-state index is 11.1. The molecule has 1 rings (SSSR count). The molecule has 1 aliphatic rings. The molecule has 0 aromatic carbocycles. The summed E-state index contributed by atoms with van der Waals surface area (Å²) < 4.78 is 0. The molecule has 0 aromatic rings. The first-order valence-corrected chi connectivity index (χ1v) is 5.29. The Balaban J connectivity index is 2.42. The van der Waals surface area contributed by atoms with Gasteiger partial charge >= 0.3 is 0 Å². The fraction of sp³-hybridized carbons (Fsp3) is 0.900. The minimum absolute atomic E-state index is 0.160. The molecule has 0 bridgehead atoms. The first-order chi connectivity index (χ1) is 6.69. The second-order valence-corrected chi connectivity index (χ2v) is 3.76. The average Bonchev–Trinajstić information content (AvgIpc) is 2.63. The molecule has 4 heteroatoms. The summed E-state index contributed by atoms with van der Waals surface area (Å²) in [4.78, 5) is 15.2. The number of hydrogen-bond acceptors (Lipinski definition) is 3. The molecule has 0 aromatic heterocycles. The van der Waals surface area contributed by atoms with Gasteiger partial charge in [-0.2, -0.15) is 0 Å². The molecule has 4 nitrogen and oxygen atoms in total. The van der Waals surface area contributed by atoms with Gasteiger partial charge in [0.15, 0.2) is 0 Å². The van der Waals surface area contributed by atoms with Gasteiger partial charge in [0, 0.05) is 32.6 Å². The van der Waals surface area contributed by atoms with Crippen LogP contribution in [0, 0.1) is 0 Å². The summed E-state index contributed by atoms with van der Waals surface area (Å²) in [6.07, 6.45) is 1.04. The van der Waals surface area contributed by atoms with Crippen LogP contribution in [0.25, 0.3) is 0 Å². The van der Waals surface area contributed by atoms with Crippen LogP contribution >= 0.6 is 0 Å². The number of likely N-dealkylation sites (N-methyl/N-ethyl adjacent to an activating group) is 1. The van der Waals surface area contributed by atoms with Gasteiger partial charge in [-0.05, 0) is 13.0 Å². The van der Waals surface area contributed by atoms with Crippen molar-refractivity contribution >= 4 is 5.91 Å². The molecule has 0 radical (unpaired) electrons. The molecule has 0 spiro atoms. The zero-order valence-electron chi connectivity index (χ0n) is 9.07. The van der Waals surface area contributed by atoms with Crippen molar-refractivity contribution in [3.63, 3.8) is 0 Å². The van der Waals surface area contributed by atoms with Crippen molar-refractivity contribution in [1.29, 1.82) is 0 Å². The Morgan fingerprint density at radius 2 is 2.36 bits per heavy atom. The zero-order valence-corrected chi connectivity index (χ0v) is 9.07. The molecular formula is C10H20N2O2.